The molecule has 0 aliphatic heterocycles. The van der Waals surface area contributed by atoms with Crippen LogP contribution in [0.5, 0.6) is 0 Å². The van der Waals surface area contributed by atoms with Crippen molar-refractivity contribution in [3.05, 3.63) is 58.2 Å². The molecule has 0 radical (unpaired) electrons. The summed E-state index contributed by atoms with van der Waals surface area (Å²) in [4.78, 5) is 12.0. The van der Waals surface area contributed by atoms with Gasteiger partial charge in [-0.3, -0.25) is 4.79 Å². The van der Waals surface area contributed by atoms with Gasteiger partial charge in [-0.1, -0.05) is 0 Å². The van der Waals surface area contributed by atoms with Gasteiger partial charge in [0.1, 0.15) is 11.6 Å². The van der Waals surface area contributed by atoms with Crippen LogP contribution in [-0.4, -0.2) is 11.9 Å². The number of benzene rings is 1. The molecular formula is C14H13BrFNO2. The van der Waals surface area contributed by atoms with Crippen LogP contribution in [0.1, 0.15) is 23.0 Å². The van der Waals surface area contributed by atoms with E-state index in [0.29, 0.717) is 10.9 Å². The SMILES string of the molecule is CC(Cc1ccco1)NC(=O)c1cc(F)ccc1Br. The molecule has 0 aliphatic carbocycles. The van der Waals surface area contributed by atoms with Gasteiger partial charge in [0.15, 0.2) is 0 Å². The first-order chi connectivity index (χ1) is 9.06. The van der Waals surface area contributed by atoms with Crippen molar-refractivity contribution in [2.24, 2.45) is 0 Å². The zero-order chi connectivity index (χ0) is 13.8. The molecule has 1 amide bonds. The van der Waals surface area contributed by atoms with E-state index in [1.165, 1.54) is 18.2 Å². The lowest BCUT2D eigenvalue weighted by Crippen LogP contribution is -2.34. The second-order valence-electron chi connectivity index (χ2n) is 4.28. The molecule has 2 rings (SSSR count). The molecule has 1 aromatic carbocycles. The van der Waals surface area contributed by atoms with Crippen LogP contribution in [0, 0.1) is 5.82 Å². The summed E-state index contributed by atoms with van der Waals surface area (Å²) >= 11 is 3.24. The maximum absolute atomic E-state index is 13.1. The fourth-order valence-corrected chi connectivity index (χ4v) is 2.18. The van der Waals surface area contributed by atoms with Crippen LogP contribution in [0.25, 0.3) is 0 Å². The van der Waals surface area contributed by atoms with Crippen molar-refractivity contribution in [1.82, 2.24) is 5.32 Å². The fourth-order valence-electron chi connectivity index (χ4n) is 1.75. The second kappa shape index (κ2) is 6.02. The van der Waals surface area contributed by atoms with E-state index in [1.807, 2.05) is 13.0 Å². The first-order valence-electron chi connectivity index (χ1n) is 5.84. The van der Waals surface area contributed by atoms with Gasteiger partial charge in [0.25, 0.3) is 5.91 Å². The third-order valence-electron chi connectivity index (χ3n) is 2.64. The molecule has 5 heteroatoms. The van der Waals surface area contributed by atoms with E-state index in [9.17, 15) is 9.18 Å². The summed E-state index contributed by atoms with van der Waals surface area (Å²) in [5, 5.41) is 2.81. The fraction of sp³-hybridized carbons (Fsp3) is 0.214. The van der Waals surface area contributed by atoms with Gasteiger partial charge in [0.05, 0.1) is 11.8 Å². The zero-order valence-corrected chi connectivity index (χ0v) is 11.9. The number of rotatable bonds is 4. The minimum Gasteiger partial charge on any atom is -0.469 e. The highest BCUT2D eigenvalue weighted by Crippen LogP contribution is 2.18. The molecule has 0 spiro atoms. The molecule has 100 valence electrons. The minimum atomic E-state index is -0.438. The van der Waals surface area contributed by atoms with Crippen LogP contribution < -0.4 is 5.32 Å². The highest BCUT2D eigenvalue weighted by molar-refractivity contribution is 9.10. The molecular weight excluding hydrogens is 313 g/mol. The highest BCUT2D eigenvalue weighted by atomic mass is 79.9. The predicted molar refractivity (Wildman–Crippen MR) is 73.4 cm³/mol. The Morgan fingerprint density at radius 2 is 2.26 bits per heavy atom. The van der Waals surface area contributed by atoms with Gasteiger partial charge in [-0.15, -0.1) is 0 Å². The Hall–Kier alpha value is -1.62. The molecule has 0 aliphatic rings. The molecule has 19 heavy (non-hydrogen) atoms. The number of carbonyl (C=O) groups is 1. The maximum Gasteiger partial charge on any atom is 0.252 e. The lowest BCUT2D eigenvalue weighted by Gasteiger charge is -2.13. The highest BCUT2D eigenvalue weighted by Gasteiger charge is 2.14. The first kappa shape index (κ1) is 13.8. The van der Waals surface area contributed by atoms with Crippen molar-refractivity contribution >= 4 is 21.8 Å². The minimum absolute atomic E-state index is 0.103. The Morgan fingerprint density at radius 3 is 2.95 bits per heavy atom. The van der Waals surface area contributed by atoms with Crippen molar-refractivity contribution in [3.8, 4) is 0 Å². The average molecular weight is 326 g/mol. The molecule has 1 N–H and O–H groups in total. The Morgan fingerprint density at radius 1 is 1.47 bits per heavy atom. The Labute approximate surface area is 118 Å². The Bertz CT molecular complexity index is 569. The summed E-state index contributed by atoms with van der Waals surface area (Å²) in [5.74, 6) is 0.0450. The molecule has 0 bridgehead atoms. The van der Waals surface area contributed by atoms with Crippen LogP contribution in [0.4, 0.5) is 4.39 Å². The normalized spacial score (nSPS) is 12.2. The molecule has 1 aromatic heterocycles. The Balaban J connectivity index is 2.02. The number of furan rings is 1. The number of nitrogens with one attached hydrogen (secondary N) is 1. The van der Waals surface area contributed by atoms with E-state index in [-0.39, 0.29) is 17.5 Å². The van der Waals surface area contributed by atoms with E-state index in [0.717, 1.165) is 5.76 Å². The van der Waals surface area contributed by atoms with Gasteiger partial charge in [-0.05, 0) is 53.2 Å². The van der Waals surface area contributed by atoms with Gasteiger partial charge in [-0.2, -0.15) is 0 Å². The monoisotopic (exact) mass is 325 g/mol. The third kappa shape index (κ3) is 3.67. The Kier molecular flexibility index (Phi) is 4.37. The van der Waals surface area contributed by atoms with Gasteiger partial charge < -0.3 is 9.73 Å². The molecule has 1 atom stereocenters. The van der Waals surface area contributed by atoms with E-state index < -0.39 is 5.82 Å². The van der Waals surface area contributed by atoms with E-state index >= 15 is 0 Å². The molecule has 3 nitrogen and oxygen atoms in total. The average Bonchev–Trinajstić information content (AvgIpc) is 2.84. The van der Waals surface area contributed by atoms with Gasteiger partial charge in [0, 0.05) is 16.9 Å². The van der Waals surface area contributed by atoms with E-state index in [1.54, 1.807) is 12.3 Å². The molecule has 0 saturated carbocycles. The number of hydrogen-bond donors (Lipinski definition) is 1. The van der Waals surface area contributed by atoms with Crippen molar-refractivity contribution in [1.29, 1.82) is 0 Å². The van der Waals surface area contributed by atoms with Crippen molar-refractivity contribution in [3.63, 3.8) is 0 Å². The molecule has 1 heterocycles. The number of amides is 1. The quantitative estimate of drug-likeness (QED) is 0.934. The number of hydrogen-bond acceptors (Lipinski definition) is 2. The van der Waals surface area contributed by atoms with Gasteiger partial charge in [-0.25, -0.2) is 4.39 Å². The standard InChI is InChI=1S/C14H13BrFNO2/c1-9(7-11-3-2-6-19-11)17-14(18)12-8-10(16)4-5-13(12)15/h2-6,8-9H,7H2,1H3,(H,17,18). The van der Waals surface area contributed by atoms with Crippen LogP contribution in [0.3, 0.4) is 0 Å². The van der Waals surface area contributed by atoms with Crippen LogP contribution in [-0.2, 0) is 6.42 Å². The summed E-state index contributed by atoms with van der Waals surface area (Å²) < 4.78 is 18.9. The molecule has 1 unspecified atom stereocenters. The molecule has 0 fully saturated rings. The topological polar surface area (TPSA) is 42.2 Å². The summed E-state index contributed by atoms with van der Waals surface area (Å²) in [7, 11) is 0. The number of carbonyl (C=O) groups excluding carboxylic acids is 1. The lowest BCUT2D eigenvalue weighted by molar-refractivity contribution is 0.0938. The van der Waals surface area contributed by atoms with Crippen molar-refractivity contribution in [2.75, 3.05) is 0 Å². The summed E-state index contributed by atoms with van der Waals surface area (Å²) in [6.45, 7) is 1.87. The van der Waals surface area contributed by atoms with Crippen LogP contribution in [0.2, 0.25) is 0 Å². The summed E-state index contributed by atoms with van der Waals surface area (Å²) in [6.07, 6.45) is 2.18. The van der Waals surface area contributed by atoms with Gasteiger partial charge in [0.2, 0.25) is 0 Å². The molecule has 2 aromatic rings. The van der Waals surface area contributed by atoms with Crippen LogP contribution in [0.15, 0.2) is 45.5 Å². The predicted octanol–water partition coefficient (Wildman–Crippen LogP) is 3.54. The molecule has 0 saturated heterocycles. The smallest absolute Gasteiger partial charge is 0.252 e. The largest absolute Gasteiger partial charge is 0.469 e. The maximum atomic E-state index is 13.1. The number of halogens is 2. The van der Waals surface area contributed by atoms with Gasteiger partial charge >= 0.3 is 0 Å². The van der Waals surface area contributed by atoms with Crippen molar-refractivity contribution in [2.45, 2.75) is 19.4 Å². The van der Waals surface area contributed by atoms with E-state index in [2.05, 4.69) is 21.2 Å². The van der Waals surface area contributed by atoms with Crippen LogP contribution >= 0.6 is 15.9 Å². The van der Waals surface area contributed by atoms with Crippen molar-refractivity contribution < 1.29 is 13.6 Å². The lowest BCUT2D eigenvalue weighted by atomic mass is 10.1. The summed E-state index contributed by atoms with van der Waals surface area (Å²) in [5.41, 5.74) is 0.284. The summed E-state index contributed by atoms with van der Waals surface area (Å²) in [6, 6.07) is 7.57. The first-order valence-corrected chi connectivity index (χ1v) is 6.64. The van der Waals surface area contributed by atoms with E-state index in [4.69, 9.17) is 4.42 Å². The zero-order valence-electron chi connectivity index (χ0n) is 10.3. The second-order valence-corrected chi connectivity index (χ2v) is 5.14. The third-order valence-corrected chi connectivity index (χ3v) is 3.33.